The van der Waals surface area contributed by atoms with Crippen LogP contribution in [0.2, 0.25) is 0 Å². The molecule has 6 nitrogen and oxygen atoms in total. The summed E-state index contributed by atoms with van der Waals surface area (Å²) < 4.78 is 16.2. The normalized spacial score (nSPS) is 37.3. The average molecular weight is 209 g/mol. The van der Waals surface area contributed by atoms with Crippen LogP contribution in [0, 0.1) is 0 Å². The van der Waals surface area contributed by atoms with Crippen molar-refractivity contribution in [2.45, 2.75) is 11.8 Å². The summed E-state index contributed by atoms with van der Waals surface area (Å²) >= 11 is 0. The summed E-state index contributed by atoms with van der Waals surface area (Å²) in [6.07, 6.45) is 4.48. The quantitative estimate of drug-likeness (QED) is 0.674. The van der Waals surface area contributed by atoms with Gasteiger partial charge in [-0.2, -0.15) is 0 Å². The molecule has 6 heteroatoms. The Balaban J connectivity index is 1.91. The third-order valence-electron chi connectivity index (χ3n) is 2.64. The molecular formula is C9H11N3O3. The number of aliphatic imine (C=N–C) groups is 2. The van der Waals surface area contributed by atoms with E-state index in [-0.39, 0.29) is 6.23 Å². The van der Waals surface area contributed by atoms with Gasteiger partial charge in [-0.25, -0.2) is 0 Å². The van der Waals surface area contributed by atoms with Crippen LogP contribution in [0.1, 0.15) is 0 Å². The second kappa shape index (κ2) is 3.23. The van der Waals surface area contributed by atoms with Crippen LogP contribution in [0.4, 0.5) is 0 Å². The van der Waals surface area contributed by atoms with E-state index in [1.54, 1.807) is 12.5 Å². The number of hydrogen-bond donors (Lipinski definition) is 1. The fourth-order valence-corrected chi connectivity index (χ4v) is 1.87. The standard InChI is InChI=1S/C9H11N3O3/c1-2-14-8(11-1)9(4-10-5-15-9)7-3-13-6-12-7/h1,3,5,8,12H,2,4,6H2. The topological polar surface area (TPSA) is 64.4 Å². The van der Waals surface area contributed by atoms with Crippen molar-refractivity contribution in [1.82, 2.24) is 5.32 Å². The first-order valence-corrected chi connectivity index (χ1v) is 4.77. The summed E-state index contributed by atoms with van der Waals surface area (Å²) in [7, 11) is 0. The Morgan fingerprint density at radius 2 is 2.53 bits per heavy atom. The predicted molar refractivity (Wildman–Crippen MR) is 52.6 cm³/mol. The Kier molecular flexibility index (Phi) is 1.88. The molecule has 0 spiro atoms. The fourth-order valence-electron chi connectivity index (χ4n) is 1.87. The largest absolute Gasteiger partial charge is 0.479 e. The maximum absolute atomic E-state index is 5.57. The van der Waals surface area contributed by atoms with Gasteiger partial charge in [0.05, 0.1) is 18.8 Å². The molecule has 3 aliphatic heterocycles. The van der Waals surface area contributed by atoms with Gasteiger partial charge in [0.15, 0.2) is 19.4 Å². The van der Waals surface area contributed by atoms with E-state index in [4.69, 9.17) is 14.2 Å². The van der Waals surface area contributed by atoms with Crippen molar-refractivity contribution >= 4 is 12.6 Å². The van der Waals surface area contributed by atoms with E-state index in [2.05, 4.69) is 15.3 Å². The molecule has 15 heavy (non-hydrogen) atoms. The van der Waals surface area contributed by atoms with Crippen LogP contribution in [0.15, 0.2) is 21.9 Å². The van der Waals surface area contributed by atoms with Gasteiger partial charge in [0.1, 0.15) is 6.26 Å². The van der Waals surface area contributed by atoms with E-state index in [1.165, 1.54) is 6.40 Å². The van der Waals surface area contributed by atoms with Crippen molar-refractivity contribution in [3.05, 3.63) is 12.0 Å². The first kappa shape index (κ1) is 8.72. The van der Waals surface area contributed by atoms with Crippen LogP contribution in [-0.4, -0.2) is 44.3 Å². The maximum Gasteiger partial charge on any atom is 0.218 e. The highest BCUT2D eigenvalue weighted by Crippen LogP contribution is 2.32. The first-order chi connectivity index (χ1) is 7.42. The number of nitrogens with zero attached hydrogens (tertiary/aromatic N) is 2. The van der Waals surface area contributed by atoms with Gasteiger partial charge in [-0.05, 0) is 0 Å². The summed E-state index contributed by atoms with van der Waals surface area (Å²) in [5.41, 5.74) is 0.174. The first-order valence-electron chi connectivity index (χ1n) is 4.77. The van der Waals surface area contributed by atoms with E-state index >= 15 is 0 Å². The molecule has 0 radical (unpaired) electrons. The Morgan fingerprint density at radius 3 is 3.13 bits per heavy atom. The lowest BCUT2D eigenvalue weighted by Gasteiger charge is -2.31. The second-order valence-electron chi connectivity index (χ2n) is 3.49. The van der Waals surface area contributed by atoms with Gasteiger partial charge in [-0.15, -0.1) is 0 Å². The van der Waals surface area contributed by atoms with Crippen molar-refractivity contribution in [2.75, 3.05) is 19.9 Å². The van der Waals surface area contributed by atoms with Gasteiger partial charge in [-0.3, -0.25) is 9.98 Å². The number of nitrogens with one attached hydrogen (secondary N) is 1. The Bertz CT molecular complexity index is 343. The molecule has 3 rings (SSSR count). The summed E-state index contributed by atoms with van der Waals surface area (Å²) in [6, 6.07) is 0. The van der Waals surface area contributed by atoms with Gasteiger partial charge in [-0.1, -0.05) is 0 Å². The Labute approximate surface area is 86.6 Å². The van der Waals surface area contributed by atoms with Gasteiger partial charge >= 0.3 is 0 Å². The van der Waals surface area contributed by atoms with Crippen LogP contribution in [-0.2, 0) is 14.2 Å². The van der Waals surface area contributed by atoms with E-state index in [9.17, 15) is 0 Å². The minimum atomic E-state index is -0.663. The van der Waals surface area contributed by atoms with E-state index in [0.29, 0.717) is 19.9 Å². The molecule has 0 aromatic carbocycles. The van der Waals surface area contributed by atoms with Gasteiger partial charge in [0.25, 0.3) is 0 Å². The molecule has 0 aromatic rings. The zero-order valence-electron chi connectivity index (χ0n) is 8.05. The Morgan fingerprint density at radius 1 is 1.53 bits per heavy atom. The maximum atomic E-state index is 5.57. The zero-order valence-corrected chi connectivity index (χ0v) is 8.05. The molecule has 80 valence electrons. The molecular weight excluding hydrogens is 198 g/mol. The third-order valence-corrected chi connectivity index (χ3v) is 2.64. The van der Waals surface area contributed by atoms with Crippen LogP contribution >= 0.6 is 0 Å². The van der Waals surface area contributed by atoms with Crippen LogP contribution < -0.4 is 5.32 Å². The lowest BCUT2D eigenvalue weighted by Crippen LogP contribution is -2.49. The number of rotatable bonds is 2. The molecule has 2 unspecified atom stereocenters. The lowest BCUT2D eigenvalue weighted by molar-refractivity contribution is -0.0360. The zero-order chi connectivity index (χ0) is 10.1. The van der Waals surface area contributed by atoms with Crippen molar-refractivity contribution in [1.29, 1.82) is 0 Å². The highest BCUT2D eigenvalue weighted by atomic mass is 16.6. The molecule has 0 fully saturated rings. The molecule has 3 aliphatic rings. The fraction of sp³-hybridized carbons (Fsp3) is 0.556. The van der Waals surface area contributed by atoms with E-state index < -0.39 is 5.60 Å². The number of ether oxygens (including phenoxy) is 3. The summed E-state index contributed by atoms with van der Waals surface area (Å²) in [4.78, 5) is 8.33. The monoisotopic (exact) mass is 209 g/mol. The van der Waals surface area contributed by atoms with Crippen molar-refractivity contribution in [3.8, 4) is 0 Å². The smallest absolute Gasteiger partial charge is 0.218 e. The van der Waals surface area contributed by atoms with Crippen LogP contribution in [0.3, 0.4) is 0 Å². The van der Waals surface area contributed by atoms with Gasteiger partial charge in [0.2, 0.25) is 5.60 Å². The van der Waals surface area contributed by atoms with E-state index in [0.717, 1.165) is 5.70 Å². The van der Waals surface area contributed by atoms with Gasteiger partial charge in [0, 0.05) is 6.21 Å². The minimum Gasteiger partial charge on any atom is -0.479 e. The Hall–Kier alpha value is -1.56. The molecule has 3 heterocycles. The van der Waals surface area contributed by atoms with Crippen molar-refractivity contribution in [3.63, 3.8) is 0 Å². The molecule has 0 saturated carbocycles. The molecule has 0 amide bonds. The van der Waals surface area contributed by atoms with Crippen molar-refractivity contribution < 1.29 is 14.2 Å². The third kappa shape index (κ3) is 1.21. The molecule has 0 aliphatic carbocycles. The summed E-state index contributed by atoms with van der Waals surface area (Å²) in [5.74, 6) is 0. The minimum absolute atomic E-state index is 0.347. The van der Waals surface area contributed by atoms with Gasteiger partial charge < -0.3 is 19.5 Å². The van der Waals surface area contributed by atoms with Crippen LogP contribution in [0.5, 0.6) is 0 Å². The molecule has 0 bridgehead atoms. The highest BCUT2D eigenvalue weighted by molar-refractivity contribution is 5.61. The molecule has 2 atom stereocenters. The predicted octanol–water partition coefficient (Wildman–Crippen LogP) is -0.371. The molecule has 0 saturated heterocycles. The molecule has 1 N–H and O–H groups in total. The highest BCUT2D eigenvalue weighted by Gasteiger charge is 2.49. The lowest BCUT2D eigenvalue weighted by atomic mass is 9.98. The summed E-state index contributed by atoms with van der Waals surface area (Å²) in [6.45, 7) is 1.47. The molecule has 0 aromatic heterocycles. The SMILES string of the molecule is C1=NCC(C2=COCN2)(C2N=CCO2)O1. The second-order valence-corrected chi connectivity index (χ2v) is 3.49. The van der Waals surface area contributed by atoms with E-state index in [1.807, 2.05) is 0 Å². The van der Waals surface area contributed by atoms with Crippen molar-refractivity contribution in [2.24, 2.45) is 9.98 Å². The number of hydrogen-bond acceptors (Lipinski definition) is 6. The summed E-state index contributed by atoms with van der Waals surface area (Å²) in [5, 5.41) is 3.10. The van der Waals surface area contributed by atoms with Crippen LogP contribution in [0.25, 0.3) is 0 Å². The average Bonchev–Trinajstić information content (AvgIpc) is 3.02.